The molecule has 1 heterocycles. The van der Waals surface area contributed by atoms with E-state index in [0.29, 0.717) is 6.42 Å². The fourth-order valence-corrected chi connectivity index (χ4v) is 2.13. The first-order valence-electron chi connectivity index (χ1n) is 5.99. The van der Waals surface area contributed by atoms with Gasteiger partial charge in [0.1, 0.15) is 0 Å². The van der Waals surface area contributed by atoms with Crippen LogP contribution in [0, 0.1) is 11.6 Å². The van der Waals surface area contributed by atoms with E-state index < -0.39 is 11.6 Å². The maximum Gasteiger partial charge on any atom is 0.159 e. The van der Waals surface area contributed by atoms with Gasteiger partial charge in [-0.05, 0) is 37.0 Å². The van der Waals surface area contributed by atoms with Crippen LogP contribution in [0.15, 0.2) is 18.2 Å². The van der Waals surface area contributed by atoms with Gasteiger partial charge in [-0.15, -0.1) is 0 Å². The summed E-state index contributed by atoms with van der Waals surface area (Å²) in [5.41, 5.74) is 0.815. The van der Waals surface area contributed by atoms with Crippen molar-refractivity contribution in [3.8, 4) is 0 Å². The van der Waals surface area contributed by atoms with Crippen molar-refractivity contribution in [2.45, 2.75) is 25.4 Å². The van der Waals surface area contributed by atoms with Crippen LogP contribution in [0.3, 0.4) is 0 Å². The van der Waals surface area contributed by atoms with E-state index in [1.165, 1.54) is 12.1 Å². The van der Waals surface area contributed by atoms with Gasteiger partial charge in [0.15, 0.2) is 11.6 Å². The minimum atomic E-state index is -0.796. The summed E-state index contributed by atoms with van der Waals surface area (Å²) >= 11 is 0. The number of benzene rings is 1. The van der Waals surface area contributed by atoms with Crippen LogP contribution in [0.4, 0.5) is 8.78 Å². The van der Waals surface area contributed by atoms with Gasteiger partial charge >= 0.3 is 0 Å². The van der Waals surface area contributed by atoms with Crippen LogP contribution < -0.4 is 0 Å². The normalized spacial score (nSPS) is 18.5. The topological polar surface area (TPSA) is 23.5 Å². The van der Waals surface area contributed by atoms with Gasteiger partial charge in [0.25, 0.3) is 0 Å². The van der Waals surface area contributed by atoms with Crippen LogP contribution in [0.2, 0.25) is 0 Å². The molecule has 1 aliphatic heterocycles. The summed E-state index contributed by atoms with van der Waals surface area (Å²) in [6, 6.07) is 4.05. The molecule has 0 amide bonds. The molecular formula is C13H17F2NO. The Balaban J connectivity index is 1.83. The van der Waals surface area contributed by atoms with Crippen LogP contribution in [-0.2, 0) is 6.42 Å². The van der Waals surface area contributed by atoms with Crippen molar-refractivity contribution in [1.29, 1.82) is 0 Å². The third-order valence-corrected chi connectivity index (χ3v) is 3.26. The molecule has 1 aliphatic rings. The zero-order valence-electron chi connectivity index (χ0n) is 9.70. The first-order valence-corrected chi connectivity index (χ1v) is 5.99. The van der Waals surface area contributed by atoms with Crippen LogP contribution in [0.5, 0.6) is 0 Å². The Kier molecular flexibility index (Phi) is 4.07. The zero-order valence-corrected chi connectivity index (χ0v) is 9.70. The molecule has 0 bridgehead atoms. The van der Waals surface area contributed by atoms with Gasteiger partial charge < -0.3 is 10.0 Å². The fourth-order valence-electron chi connectivity index (χ4n) is 2.13. The minimum absolute atomic E-state index is 0.172. The predicted octanol–water partition coefficient (Wildman–Crippen LogP) is 1.96. The van der Waals surface area contributed by atoms with Crippen LogP contribution >= 0.6 is 0 Å². The average molecular weight is 241 g/mol. The summed E-state index contributed by atoms with van der Waals surface area (Å²) in [5, 5.41) is 9.36. The molecule has 17 heavy (non-hydrogen) atoms. The average Bonchev–Trinajstić information content (AvgIpc) is 2.33. The lowest BCUT2D eigenvalue weighted by atomic mass is 10.1. The molecule has 1 aromatic carbocycles. The molecule has 1 fully saturated rings. The van der Waals surface area contributed by atoms with E-state index >= 15 is 0 Å². The van der Waals surface area contributed by atoms with E-state index in [9.17, 15) is 13.9 Å². The van der Waals surface area contributed by atoms with E-state index in [0.717, 1.165) is 38.0 Å². The van der Waals surface area contributed by atoms with Crippen LogP contribution in [0.1, 0.15) is 18.4 Å². The molecule has 0 aliphatic carbocycles. The van der Waals surface area contributed by atoms with E-state index in [1.54, 1.807) is 6.07 Å². The molecule has 1 N–H and O–H groups in total. The molecule has 2 rings (SSSR count). The lowest BCUT2D eigenvalue weighted by molar-refractivity contribution is 0.0832. The van der Waals surface area contributed by atoms with E-state index in [4.69, 9.17) is 0 Å². The highest BCUT2D eigenvalue weighted by atomic mass is 19.2. The number of hydrogen-bond donors (Lipinski definition) is 1. The van der Waals surface area contributed by atoms with Crippen LogP contribution in [-0.4, -0.2) is 35.7 Å². The van der Waals surface area contributed by atoms with Gasteiger partial charge in [-0.25, -0.2) is 8.78 Å². The second-order valence-electron chi connectivity index (χ2n) is 4.57. The van der Waals surface area contributed by atoms with Crippen molar-refractivity contribution in [3.63, 3.8) is 0 Å². The Morgan fingerprint density at radius 3 is 2.53 bits per heavy atom. The van der Waals surface area contributed by atoms with E-state index in [1.807, 2.05) is 0 Å². The first-order chi connectivity index (χ1) is 8.15. The summed E-state index contributed by atoms with van der Waals surface area (Å²) < 4.78 is 25.7. The Bertz CT molecular complexity index is 376. The standard InChI is InChI=1S/C13H17F2NO/c14-12-2-1-10(9-13(12)15)3-6-16-7-4-11(17)5-8-16/h1-2,9,11,17H,3-8H2. The Morgan fingerprint density at radius 2 is 1.88 bits per heavy atom. The molecular weight excluding hydrogens is 224 g/mol. The second kappa shape index (κ2) is 5.56. The molecule has 0 spiro atoms. The molecule has 4 heteroatoms. The van der Waals surface area contributed by atoms with Crippen molar-refractivity contribution in [3.05, 3.63) is 35.4 Å². The maximum absolute atomic E-state index is 13.0. The molecule has 0 unspecified atom stereocenters. The summed E-state index contributed by atoms with van der Waals surface area (Å²) in [7, 11) is 0. The van der Waals surface area contributed by atoms with Gasteiger partial charge in [0.2, 0.25) is 0 Å². The highest BCUT2D eigenvalue weighted by Gasteiger charge is 2.16. The van der Waals surface area contributed by atoms with Gasteiger partial charge in [-0.2, -0.15) is 0 Å². The number of hydrogen-bond acceptors (Lipinski definition) is 2. The zero-order chi connectivity index (χ0) is 12.3. The monoisotopic (exact) mass is 241 g/mol. The molecule has 1 saturated heterocycles. The first kappa shape index (κ1) is 12.5. The second-order valence-corrected chi connectivity index (χ2v) is 4.57. The van der Waals surface area contributed by atoms with Crippen molar-refractivity contribution in [2.24, 2.45) is 0 Å². The molecule has 1 aromatic rings. The highest BCUT2D eigenvalue weighted by molar-refractivity contribution is 5.18. The molecule has 0 atom stereocenters. The largest absolute Gasteiger partial charge is 0.393 e. The van der Waals surface area contributed by atoms with Crippen molar-refractivity contribution >= 4 is 0 Å². The predicted molar refractivity (Wildman–Crippen MR) is 61.7 cm³/mol. The smallest absolute Gasteiger partial charge is 0.159 e. The Hall–Kier alpha value is -1.00. The van der Waals surface area contributed by atoms with Crippen molar-refractivity contribution in [1.82, 2.24) is 4.90 Å². The summed E-state index contributed by atoms with van der Waals surface area (Å²) in [4.78, 5) is 2.24. The number of rotatable bonds is 3. The lowest BCUT2D eigenvalue weighted by Crippen LogP contribution is -2.37. The maximum atomic E-state index is 13.0. The summed E-state index contributed by atoms with van der Waals surface area (Å²) in [6.45, 7) is 2.59. The number of halogens is 2. The third-order valence-electron chi connectivity index (χ3n) is 3.26. The fraction of sp³-hybridized carbons (Fsp3) is 0.538. The number of aliphatic hydroxyl groups excluding tert-OH is 1. The Morgan fingerprint density at radius 1 is 1.18 bits per heavy atom. The summed E-state index contributed by atoms with van der Waals surface area (Å²) in [6.07, 6.45) is 2.15. The van der Waals surface area contributed by atoms with Gasteiger partial charge in [0.05, 0.1) is 6.10 Å². The van der Waals surface area contributed by atoms with Crippen molar-refractivity contribution < 1.29 is 13.9 Å². The number of piperidine rings is 1. The van der Waals surface area contributed by atoms with Crippen LogP contribution in [0.25, 0.3) is 0 Å². The Labute approximate surface area is 99.9 Å². The quantitative estimate of drug-likeness (QED) is 0.874. The molecule has 0 saturated carbocycles. The molecule has 2 nitrogen and oxygen atoms in total. The molecule has 0 aromatic heterocycles. The summed E-state index contributed by atoms with van der Waals surface area (Å²) in [5.74, 6) is -1.58. The number of aliphatic hydroxyl groups is 1. The lowest BCUT2D eigenvalue weighted by Gasteiger charge is -2.29. The number of likely N-dealkylation sites (tertiary alicyclic amines) is 1. The number of nitrogens with zero attached hydrogens (tertiary/aromatic N) is 1. The van der Waals surface area contributed by atoms with Gasteiger partial charge in [-0.3, -0.25) is 0 Å². The van der Waals surface area contributed by atoms with Crippen molar-refractivity contribution in [2.75, 3.05) is 19.6 Å². The SMILES string of the molecule is OC1CCN(CCc2ccc(F)c(F)c2)CC1. The highest BCUT2D eigenvalue weighted by Crippen LogP contribution is 2.13. The molecule has 94 valence electrons. The van der Waals surface area contributed by atoms with Gasteiger partial charge in [-0.1, -0.05) is 6.07 Å². The third kappa shape index (κ3) is 3.48. The minimum Gasteiger partial charge on any atom is -0.393 e. The van der Waals surface area contributed by atoms with Gasteiger partial charge in [0, 0.05) is 19.6 Å². The van der Waals surface area contributed by atoms with E-state index in [-0.39, 0.29) is 6.10 Å². The molecule has 0 radical (unpaired) electrons. The van der Waals surface area contributed by atoms with E-state index in [2.05, 4.69) is 4.90 Å².